The number of benzene rings is 1. The third kappa shape index (κ3) is 11.1. The summed E-state index contributed by atoms with van der Waals surface area (Å²) in [5.74, 6) is -1.89. The molecule has 2 fully saturated rings. The van der Waals surface area contributed by atoms with Gasteiger partial charge in [0.15, 0.2) is 0 Å². The van der Waals surface area contributed by atoms with Crippen LogP contribution in [0.3, 0.4) is 0 Å². The predicted octanol–water partition coefficient (Wildman–Crippen LogP) is 1.79. The molecule has 14 heteroatoms. The normalized spacial score (nSPS) is 20.3. The Morgan fingerprint density at radius 2 is 1.73 bits per heavy atom. The Balaban J connectivity index is 1.73. The Hall–Kier alpha value is -3.75. The summed E-state index contributed by atoms with van der Waals surface area (Å²) in [4.78, 5) is 71.5. The van der Waals surface area contributed by atoms with Gasteiger partial charge in [0, 0.05) is 40.9 Å². The van der Waals surface area contributed by atoms with Crippen LogP contribution in [-0.2, 0) is 35.1 Å². The third-order valence-corrected chi connectivity index (χ3v) is 10.7. The van der Waals surface area contributed by atoms with E-state index in [-0.39, 0.29) is 61.1 Å². The number of hydrogen-bond donors (Lipinski definition) is 4. The molecule has 52 heavy (non-hydrogen) atoms. The lowest BCUT2D eigenvalue weighted by molar-refractivity contribution is -0.147. The highest BCUT2D eigenvalue weighted by molar-refractivity contribution is 5.90. The van der Waals surface area contributed by atoms with Crippen LogP contribution >= 0.6 is 0 Å². The van der Waals surface area contributed by atoms with E-state index in [0.29, 0.717) is 38.9 Å². The number of likely N-dealkylation sites (tertiary alicyclic amines) is 1. The van der Waals surface area contributed by atoms with Crippen LogP contribution < -0.4 is 16.0 Å². The summed E-state index contributed by atoms with van der Waals surface area (Å²) in [6.45, 7) is 10.4. The van der Waals surface area contributed by atoms with Crippen molar-refractivity contribution >= 4 is 29.7 Å². The van der Waals surface area contributed by atoms with Gasteiger partial charge in [-0.2, -0.15) is 0 Å². The highest BCUT2D eigenvalue weighted by atomic mass is 16.5. The number of carbonyl (C=O) groups excluding carboxylic acids is 5. The minimum atomic E-state index is -0.863. The average molecular weight is 731 g/mol. The molecular formula is C38H62N6O8. The van der Waals surface area contributed by atoms with Gasteiger partial charge in [0.1, 0.15) is 12.6 Å². The molecule has 2 saturated heterocycles. The first-order valence-corrected chi connectivity index (χ1v) is 18.7. The molecule has 1 aromatic rings. The fraction of sp³-hybridized carbons (Fsp3) is 0.711. The molecule has 2 aliphatic heterocycles. The van der Waals surface area contributed by atoms with Crippen LogP contribution in [0.2, 0.25) is 0 Å². The number of nitrogens with zero attached hydrogens (tertiary/aromatic N) is 3. The summed E-state index contributed by atoms with van der Waals surface area (Å²) < 4.78 is 11.9. The zero-order valence-corrected chi connectivity index (χ0v) is 32.3. The van der Waals surface area contributed by atoms with Gasteiger partial charge in [-0.25, -0.2) is 4.79 Å². The second-order valence-electron chi connectivity index (χ2n) is 14.6. The van der Waals surface area contributed by atoms with Crippen molar-refractivity contribution in [1.29, 1.82) is 0 Å². The SMILES string of the molecule is CC[C@H](C)[C@@H]([C@@H](CC(=O)N1CCC[C@H]1[C@H](OC)[C@@H](C)C(=O)N[C@H](CO)Cc1ccccc1)OC)N(C)C(=O)[C@@H](NC(=O)N1CCNC(=O)C1)C(C)C. The van der Waals surface area contributed by atoms with Gasteiger partial charge >= 0.3 is 6.03 Å². The Bertz CT molecular complexity index is 1330. The molecule has 0 aliphatic carbocycles. The van der Waals surface area contributed by atoms with E-state index in [2.05, 4.69) is 16.0 Å². The molecule has 0 aromatic heterocycles. The molecule has 3 rings (SSSR count). The van der Waals surface area contributed by atoms with Crippen molar-refractivity contribution in [3.05, 3.63) is 35.9 Å². The van der Waals surface area contributed by atoms with E-state index in [1.807, 2.05) is 58.0 Å². The van der Waals surface area contributed by atoms with E-state index in [9.17, 15) is 29.1 Å². The van der Waals surface area contributed by atoms with Crippen LogP contribution in [0.5, 0.6) is 0 Å². The van der Waals surface area contributed by atoms with Gasteiger partial charge in [0.25, 0.3) is 0 Å². The number of hydrogen-bond acceptors (Lipinski definition) is 8. The van der Waals surface area contributed by atoms with E-state index < -0.39 is 42.3 Å². The quantitative estimate of drug-likeness (QED) is 0.177. The minimum absolute atomic E-state index is 0.00188. The van der Waals surface area contributed by atoms with Gasteiger partial charge in [-0.05, 0) is 36.7 Å². The van der Waals surface area contributed by atoms with Gasteiger partial charge in [0.05, 0.1) is 49.3 Å². The molecule has 14 nitrogen and oxygen atoms in total. The Morgan fingerprint density at radius 1 is 1.04 bits per heavy atom. The lowest BCUT2D eigenvalue weighted by Crippen LogP contribution is -2.60. The standard InChI is InChI=1S/C38H62N6O8/c1-9-25(4)34(42(6)37(49)33(24(2)3)41-38(50)43-19-17-39-31(46)22-43)30(51-7)21-32(47)44-18-13-16-29(44)35(52-8)26(5)36(48)40-28(23-45)20-27-14-11-10-12-15-27/h10-12,14-15,24-26,28-30,33-35,45H,9,13,16-23H2,1-8H3,(H,39,46)(H,40,48)(H,41,50)/t25-,26+,28-,29-,30+,33-,34-,35+/m0/s1. The monoisotopic (exact) mass is 730 g/mol. The molecule has 0 spiro atoms. The first kappa shape index (κ1) is 42.7. The first-order chi connectivity index (χ1) is 24.8. The number of aliphatic hydroxyl groups is 1. The number of piperazine rings is 1. The van der Waals surface area contributed by atoms with E-state index in [1.54, 1.807) is 30.9 Å². The highest BCUT2D eigenvalue weighted by Gasteiger charge is 2.43. The molecule has 2 heterocycles. The summed E-state index contributed by atoms with van der Waals surface area (Å²) in [6, 6.07) is 6.99. The second-order valence-corrected chi connectivity index (χ2v) is 14.6. The topological polar surface area (TPSA) is 170 Å². The molecule has 1 aromatic carbocycles. The Labute approximate surface area is 309 Å². The lowest BCUT2D eigenvalue weighted by Gasteiger charge is -2.41. The van der Waals surface area contributed by atoms with E-state index in [4.69, 9.17) is 9.47 Å². The zero-order chi connectivity index (χ0) is 38.5. The van der Waals surface area contributed by atoms with Crippen molar-refractivity contribution in [3.8, 4) is 0 Å². The van der Waals surface area contributed by atoms with Crippen molar-refractivity contribution in [2.75, 3.05) is 54.1 Å². The average Bonchev–Trinajstić information content (AvgIpc) is 3.62. The molecule has 2 aliphatic rings. The Morgan fingerprint density at radius 3 is 2.31 bits per heavy atom. The van der Waals surface area contributed by atoms with Crippen LogP contribution in [0, 0.1) is 17.8 Å². The largest absolute Gasteiger partial charge is 0.394 e. The van der Waals surface area contributed by atoms with Crippen molar-refractivity contribution in [1.82, 2.24) is 30.7 Å². The molecule has 292 valence electrons. The maximum atomic E-state index is 14.1. The van der Waals surface area contributed by atoms with Crippen LogP contribution in [-0.4, -0.2) is 140 Å². The molecule has 6 amide bonds. The van der Waals surface area contributed by atoms with E-state index in [1.165, 1.54) is 12.0 Å². The number of amides is 6. The van der Waals surface area contributed by atoms with Gasteiger partial charge in [0.2, 0.25) is 23.6 Å². The minimum Gasteiger partial charge on any atom is -0.394 e. The number of ether oxygens (including phenoxy) is 2. The molecule has 0 radical (unpaired) electrons. The third-order valence-electron chi connectivity index (χ3n) is 10.7. The van der Waals surface area contributed by atoms with Crippen molar-refractivity contribution in [3.63, 3.8) is 0 Å². The maximum Gasteiger partial charge on any atom is 0.318 e. The Kier molecular flexibility index (Phi) is 16.8. The fourth-order valence-corrected chi connectivity index (χ4v) is 7.47. The summed E-state index contributed by atoms with van der Waals surface area (Å²) in [5, 5.41) is 18.5. The van der Waals surface area contributed by atoms with Gasteiger partial charge in [-0.3, -0.25) is 19.2 Å². The molecule has 0 saturated carbocycles. The fourth-order valence-electron chi connectivity index (χ4n) is 7.47. The molecule has 8 atom stereocenters. The number of nitrogens with one attached hydrogen (secondary N) is 3. The number of urea groups is 1. The van der Waals surface area contributed by atoms with Crippen LogP contribution in [0.1, 0.15) is 65.9 Å². The summed E-state index contributed by atoms with van der Waals surface area (Å²) in [6.07, 6.45) is 1.36. The zero-order valence-electron chi connectivity index (χ0n) is 32.3. The molecular weight excluding hydrogens is 668 g/mol. The number of carbonyl (C=O) groups is 5. The van der Waals surface area contributed by atoms with Crippen LogP contribution in [0.15, 0.2) is 30.3 Å². The summed E-state index contributed by atoms with van der Waals surface area (Å²) in [5.41, 5.74) is 0.999. The van der Waals surface area contributed by atoms with Gasteiger partial charge in [-0.15, -0.1) is 0 Å². The second kappa shape index (κ2) is 20.5. The van der Waals surface area contributed by atoms with Gasteiger partial charge in [-0.1, -0.05) is 71.4 Å². The number of rotatable bonds is 18. The van der Waals surface area contributed by atoms with Crippen molar-refractivity contribution in [2.24, 2.45) is 17.8 Å². The number of likely N-dealkylation sites (N-methyl/N-ethyl adjacent to an activating group) is 1. The number of methoxy groups -OCH3 is 2. The summed E-state index contributed by atoms with van der Waals surface area (Å²) >= 11 is 0. The first-order valence-electron chi connectivity index (χ1n) is 18.7. The number of aliphatic hydroxyl groups excluding tert-OH is 1. The van der Waals surface area contributed by atoms with E-state index >= 15 is 0 Å². The lowest BCUT2D eigenvalue weighted by atomic mass is 9.89. The summed E-state index contributed by atoms with van der Waals surface area (Å²) in [7, 11) is 4.76. The van der Waals surface area contributed by atoms with E-state index in [0.717, 1.165) is 12.0 Å². The van der Waals surface area contributed by atoms with Crippen molar-refractivity contribution < 1.29 is 38.6 Å². The van der Waals surface area contributed by atoms with Crippen molar-refractivity contribution in [2.45, 2.75) is 103 Å². The van der Waals surface area contributed by atoms with Crippen LogP contribution in [0.4, 0.5) is 4.79 Å². The van der Waals surface area contributed by atoms with Gasteiger partial charge < -0.3 is 45.2 Å². The smallest absolute Gasteiger partial charge is 0.318 e. The molecule has 0 bridgehead atoms. The highest BCUT2D eigenvalue weighted by Crippen LogP contribution is 2.29. The molecule has 0 unspecified atom stereocenters. The maximum absolute atomic E-state index is 14.1. The van der Waals surface area contributed by atoms with Crippen LogP contribution in [0.25, 0.3) is 0 Å². The predicted molar refractivity (Wildman–Crippen MR) is 197 cm³/mol. The molecule has 4 N–H and O–H groups in total.